The number of rotatable bonds is 6. The van der Waals surface area contributed by atoms with Crippen molar-refractivity contribution in [2.24, 2.45) is 0 Å². The van der Waals surface area contributed by atoms with Gasteiger partial charge in [-0.15, -0.1) is 0 Å². The van der Waals surface area contributed by atoms with Crippen molar-refractivity contribution in [3.63, 3.8) is 0 Å². The Bertz CT molecular complexity index is 183. The van der Waals surface area contributed by atoms with E-state index in [1.165, 1.54) is 0 Å². The molecule has 1 atom stereocenters. The summed E-state index contributed by atoms with van der Waals surface area (Å²) in [5.74, 6) is 2.28. The van der Waals surface area contributed by atoms with Crippen molar-refractivity contribution in [1.82, 2.24) is 10.6 Å². The van der Waals surface area contributed by atoms with Gasteiger partial charge in [0, 0.05) is 12.1 Å². The van der Waals surface area contributed by atoms with Gasteiger partial charge >= 0.3 is 6.03 Å². The highest BCUT2D eigenvalue weighted by atomic mass is 32.2. The summed E-state index contributed by atoms with van der Waals surface area (Å²) >= 11 is 1.92. The molecule has 0 aliphatic heterocycles. The molecule has 1 rings (SSSR count). The van der Waals surface area contributed by atoms with E-state index in [0.717, 1.165) is 30.8 Å². The fraction of sp³-hybridized carbons (Fsp3) is 0.900. The van der Waals surface area contributed by atoms with Crippen molar-refractivity contribution in [2.45, 2.75) is 45.2 Å². The molecule has 1 aliphatic rings. The topological polar surface area (TPSA) is 41.1 Å². The van der Waals surface area contributed by atoms with Crippen LogP contribution in [0.3, 0.4) is 0 Å². The van der Waals surface area contributed by atoms with E-state index in [1.54, 1.807) is 0 Å². The highest BCUT2D eigenvalue weighted by Gasteiger charge is 2.23. The van der Waals surface area contributed by atoms with Crippen LogP contribution in [0.25, 0.3) is 0 Å². The first-order valence-electron chi connectivity index (χ1n) is 5.37. The van der Waals surface area contributed by atoms with Crippen LogP contribution in [0.2, 0.25) is 0 Å². The van der Waals surface area contributed by atoms with Gasteiger partial charge in [0.1, 0.15) is 0 Å². The van der Waals surface area contributed by atoms with Gasteiger partial charge in [0.25, 0.3) is 0 Å². The highest BCUT2D eigenvalue weighted by Crippen LogP contribution is 2.18. The van der Waals surface area contributed by atoms with Crippen LogP contribution in [0.5, 0.6) is 0 Å². The van der Waals surface area contributed by atoms with Crippen LogP contribution in [0.1, 0.15) is 33.1 Å². The Kier molecular flexibility index (Phi) is 5.15. The summed E-state index contributed by atoms with van der Waals surface area (Å²) in [7, 11) is 0. The molecular weight excluding hydrogens is 196 g/mol. The summed E-state index contributed by atoms with van der Waals surface area (Å²) in [4.78, 5) is 11.3. The first kappa shape index (κ1) is 11.7. The largest absolute Gasteiger partial charge is 0.336 e. The fourth-order valence-electron chi connectivity index (χ4n) is 1.16. The average Bonchev–Trinajstić information content (AvgIpc) is 2.88. The SMILES string of the molecule is CCSCCC(C)NC(=O)NC1CC1. The number of hydrogen-bond donors (Lipinski definition) is 2. The molecule has 14 heavy (non-hydrogen) atoms. The standard InChI is InChI=1S/C10H20N2OS/c1-3-14-7-6-8(2)11-10(13)12-9-4-5-9/h8-9H,3-7H2,1-2H3,(H2,11,12,13). The molecule has 0 bridgehead atoms. The molecule has 2 amide bonds. The van der Waals surface area contributed by atoms with Crippen LogP contribution in [-0.2, 0) is 0 Å². The summed E-state index contributed by atoms with van der Waals surface area (Å²) in [5, 5.41) is 5.87. The van der Waals surface area contributed by atoms with Crippen molar-refractivity contribution in [3.8, 4) is 0 Å². The molecule has 3 nitrogen and oxygen atoms in total. The van der Waals surface area contributed by atoms with Gasteiger partial charge in [0.2, 0.25) is 0 Å². The third kappa shape index (κ3) is 5.37. The lowest BCUT2D eigenvalue weighted by Gasteiger charge is -2.13. The molecule has 0 radical (unpaired) electrons. The predicted octanol–water partition coefficient (Wildman–Crippen LogP) is 1.98. The monoisotopic (exact) mass is 216 g/mol. The molecule has 0 aromatic rings. The normalized spacial score (nSPS) is 17.6. The van der Waals surface area contributed by atoms with E-state index in [0.29, 0.717) is 6.04 Å². The molecule has 0 spiro atoms. The van der Waals surface area contributed by atoms with Gasteiger partial charge in [-0.1, -0.05) is 6.92 Å². The van der Waals surface area contributed by atoms with E-state index in [-0.39, 0.29) is 12.1 Å². The molecule has 1 unspecified atom stereocenters. The zero-order chi connectivity index (χ0) is 10.4. The van der Waals surface area contributed by atoms with Gasteiger partial charge < -0.3 is 10.6 Å². The highest BCUT2D eigenvalue weighted by molar-refractivity contribution is 7.99. The molecule has 2 N–H and O–H groups in total. The molecule has 1 fully saturated rings. The quantitative estimate of drug-likeness (QED) is 0.667. The number of nitrogens with one attached hydrogen (secondary N) is 2. The van der Waals surface area contributed by atoms with Crippen LogP contribution in [0.15, 0.2) is 0 Å². The minimum Gasteiger partial charge on any atom is -0.336 e. The van der Waals surface area contributed by atoms with Crippen molar-refractivity contribution in [2.75, 3.05) is 11.5 Å². The Morgan fingerprint density at radius 1 is 1.57 bits per heavy atom. The van der Waals surface area contributed by atoms with E-state index in [9.17, 15) is 4.79 Å². The Hall–Kier alpha value is -0.380. The van der Waals surface area contributed by atoms with Gasteiger partial charge in [-0.05, 0) is 37.7 Å². The number of thioether (sulfide) groups is 1. The van der Waals surface area contributed by atoms with E-state index in [1.807, 2.05) is 11.8 Å². The minimum absolute atomic E-state index is 0.00139. The molecule has 82 valence electrons. The zero-order valence-corrected chi connectivity index (χ0v) is 9.82. The maximum Gasteiger partial charge on any atom is 0.315 e. The Morgan fingerprint density at radius 2 is 2.29 bits per heavy atom. The summed E-state index contributed by atoms with van der Waals surface area (Å²) in [6, 6.07) is 0.738. The van der Waals surface area contributed by atoms with Crippen LogP contribution in [0.4, 0.5) is 4.79 Å². The van der Waals surface area contributed by atoms with Crippen LogP contribution in [-0.4, -0.2) is 29.6 Å². The molecule has 0 saturated heterocycles. The second-order valence-electron chi connectivity index (χ2n) is 3.78. The van der Waals surface area contributed by atoms with Crippen molar-refractivity contribution < 1.29 is 4.79 Å². The van der Waals surface area contributed by atoms with Gasteiger partial charge in [-0.25, -0.2) is 4.79 Å². The number of amides is 2. The minimum atomic E-state index is 0.00139. The molecule has 0 aromatic heterocycles. The number of carbonyl (C=O) groups is 1. The van der Waals surface area contributed by atoms with Gasteiger partial charge in [0.05, 0.1) is 0 Å². The van der Waals surface area contributed by atoms with E-state index >= 15 is 0 Å². The predicted molar refractivity (Wildman–Crippen MR) is 61.8 cm³/mol. The summed E-state index contributed by atoms with van der Waals surface area (Å²) < 4.78 is 0. The number of urea groups is 1. The van der Waals surface area contributed by atoms with Crippen LogP contribution < -0.4 is 10.6 Å². The Morgan fingerprint density at radius 3 is 2.86 bits per heavy atom. The molecule has 0 aromatic carbocycles. The maximum atomic E-state index is 11.3. The van der Waals surface area contributed by atoms with Gasteiger partial charge in [-0.3, -0.25) is 0 Å². The summed E-state index contributed by atoms with van der Waals surface area (Å²) in [6.45, 7) is 4.21. The third-order valence-electron chi connectivity index (χ3n) is 2.19. The Balaban J connectivity index is 1.99. The third-order valence-corrected chi connectivity index (χ3v) is 3.12. The molecule has 4 heteroatoms. The molecule has 1 saturated carbocycles. The van der Waals surface area contributed by atoms with Crippen LogP contribution in [0, 0.1) is 0 Å². The lowest BCUT2D eigenvalue weighted by atomic mass is 10.3. The van der Waals surface area contributed by atoms with E-state index in [4.69, 9.17) is 0 Å². The van der Waals surface area contributed by atoms with Crippen molar-refractivity contribution in [3.05, 3.63) is 0 Å². The summed E-state index contributed by atoms with van der Waals surface area (Å²) in [6.07, 6.45) is 3.34. The fourth-order valence-corrected chi connectivity index (χ4v) is 1.96. The second-order valence-corrected chi connectivity index (χ2v) is 5.17. The van der Waals surface area contributed by atoms with Gasteiger partial charge in [0.15, 0.2) is 0 Å². The zero-order valence-electron chi connectivity index (χ0n) is 9.01. The lowest BCUT2D eigenvalue weighted by molar-refractivity contribution is 0.237. The Labute approximate surface area is 90.4 Å². The van der Waals surface area contributed by atoms with Crippen molar-refractivity contribution >= 4 is 17.8 Å². The number of hydrogen-bond acceptors (Lipinski definition) is 2. The first-order valence-corrected chi connectivity index (χ1v) is 6.52. The maximum absolute atomic E-state index is 11.3. The second kappa shape index (κ2) is 6.17. The molecule has 1 aliphatic carbocycles. The first-order chi connectivity index (χ1) is 6.72. The average molecular weight is 216 g/mol. The molecular formula is C10H20N2OS. The molecule has 0 heterocycles. The summed E-state index contributed by atoms with van der Waals surface area (Å²) in [5.41, 5.74) is 0. The van der Waals surface area contributed by atoms with Crippen molar-refractivity contribution in [1.29, 1.82) is 0 Å². The van der Waals surface area contributed by atoms with Gasteiger partial charge in [-0.2, -0.15) is 11.8 Å². The smallest absolute Gasteiger partial charge is 0.315 e. The number of carbonyl (C=O) groups excluding carboxylic acids is 1. The lowest BCUT2D eigenvalue weighted by Crippen LogP contribution is -2.41. The van der Waals surface area contributed by atoms with Crippen LogP contribution >= 0.6 is 11.8 Å². The van der Waals surface area contributed by atoms with E-state index < -0.39 is 0 Å². The van der Waals surface area contributed by atoms with E-state index in [2.05, 4.69) is 24.5 Å².